The molecule has 0 aliphatic rings. The van der Waals surface area contributed by atoms with Gasteiger partial charge in [0.05, 0.1) is 12.5 Å². The number of hydrogen-bond acceptors (Lipinski definition) is 6. The predicted molar refractivity (Wildman–Crippen MR) is 151 cm³/mol. The fourth-order valence-electron chi connectivity index (χ4n) is 4.39. The number of carboxylic acid groups (broad SMARTS) is 2. The van der Waals surface area contributed by atoms with Crippen molar-refractivity contribution in [2.75, 3.05) is 0 Å². The van der Waals surface area contributed by atoms with Crippen LogP contribution in [0.3, 0.4) is 0 Å². The fraction of sp³-hybridized carbons (Fsp3) is 0.345. The van der Waals surface area contributed by atoms with Crippen molar-refractivity contribution in [2.45, 2.75) is 57.3 Å². The lowest BCUT2D eigenvalue weighted by Crippen LogP contribution is -2.58. The van der Waals surface area contributed by atoms with E-state index in [-0.39, 0.29) is 12.8 Å². The largest absolute Gasteiger partial charge is 0.481 e. The van der Waals surface area contributed by atoms with Crippen LogP contribution in [0.25, 0.3) is 10.9 Å². The standard InChI is InChI=1S/C29H35N5O7/c1-16(2)25(29(40)41)34-28(39)22(13-18-15-31-21-11-7-6-10-19(18)21)33-27(38)23(14-24(35)36)32-26(37)20(30)12-17-8-4-3-5-9-17/h3-11,15-16,20,22-23,25,31H,12-14,30H2,1-2H3,(H,32,37)(H,33,38)(H,34,39)(H,35,36)(H,40,41). The zero-order valence-electron chi connectivity index (χ0n) is 22.8. The van der Waals surface area contributed by atoms with Crippen LogP contribution >= 0.6 is 0 Å². The Bertz CT molecular complexity index is 1390. The number of carbonyl (C=O) groups is 5. The Hall–Kier alpha value is -4.71. The van der Waals surface area contributed by atoms with Gasteiger partial charge in [-0.05, 0) is 29.5 Å². The summed E-state index contributed by atoms with van der Waals surface area (Å²) in [5.41, 5.74) is 8.26. The monoisotopic (exact) mass is 565 g/mol. The van der Waals surface area contributed by atoms with Crippen molar-refractivity contribution >= 4 is 40.6 Å². The van der Waals surface area contributed by atoms with Crippen LogP contribution in [0.4, 0.5) is 0 Å². The predicted octanol–water partition coefficient (Wildman–Crippen LogP) is 0.950. The van der Waals surface area contributed by atoms with E-state index >= 15 is 0 Å². The molecule has 3 aromatic rings. The number of H-pyrrole nitrogens is 1. The molecule has 0 spiro atoms. The van der Waals surface area contributed by atoms with Crippen LogP contribution < -0.4 is 21.7 Å². The van der Waals surface area contributed by atoms with Crippen molar-refractivity contribution in [3.63, 3.8) is 0 Å². The van der Waals surface area contributed by atoms with Gasteiger partial charge in [-0.2, -0.15) is 0 Å². The van der Waals surface area contributed by atoms with Crippen molar-refractivity contribution in [2.24, 2.45) is 11.7 Å². The molecule has 1 aromatic heterocycles. The van der Waals surface area contributed by atoms with Crippen molar-refractivity contribution in [1.82, 2.24) is 20.9 Å². The van der Waals surface area contributed by atoms with Crippen LogP contribution in [-0.4, -0.2) is 69.0 Å². The quantitative estimate of drug-likeness (QED) is 0.150. The first-order valence-electron chi connectivity index (χ1n) is 13.2. The third-order valence-corrected chi connectivity index (χ3v) is 6.61. The first-order chi connectivity index (χ1) is 19.5. The zero-order valence-corrected chi connectivity index (χ0v) is 22.8. The lowest BCUT2D eigenvalue weighted by molar-refractivity contribution is -0.144. The minimum absolute atomic E-state index is 0.0344. The maximum absolute atomic E-state index is 13.3. The number of carbonyl (C=O) groups excluding carboxylic acids is 3. The van der Waals surface area contributed by atoms with E-state index in [1.54, 1.807) is 44.3 Å². The summed E-state index contributed by atoms with van der Waals surface area (Å²) >= 11 is 0. The van der Waals surface area contributed by atoms with Gasteiger partial charge in [0.25, 0.3) is 0 Å². The normalized spacial score (nSPS) is 14.0. The third kappa shape index (κ3) is 8.64. The summed E-state index contributed by atoms with van der Waals surface area (Å²) in [5.74, 6) is -5.49. The highest BCUT2D eigenvalue weighted by atomic mass is 16.4. The van der Waals surface area contributed by atoms with Crippen molar-refractivity contribution < 1.29 is 34.2 Å². The van der Waals surface area contributed by atoms with Gasteiger partial charge < -0.3 is 36.9 Å². The number of aromatic amines is 1. The van der Waals surface area contributed by atoms with Gasteiger partial charge in [-0.1, -0.05) is 62.4 Å². The lowest BCUT2D eigenvalue weighted by Gasteiger charge is -2.25. The van der Waals surface area contributed by atoms with Crippen LogP contribution in [0.1, 0.15) is 31.4 Å². The van der Waals surface area contributed by atoms with E-state index in [1.807, 2.05) is 30.3 Å². The van der Waals surface area contributed by atoms with Gasteiger partial charge in [0.15, 0.2) is 0 Å². The SMILES string of the molecule is CC(C)C(NC(=O)C(Cc1c[nH]c2ccccc12)NC(=O)C(CC(=O)O)NC(=O)C(N)Cc1ccccc1)C(=O)O. The summed E-state index contributed by atoms with van der Waals surface area (Å²) in [6.45, 7) is 3.26. The van der Waals surface area contributed by atoms with Gasteiger partial charge in [-0.3, -0.25) is 19.2 Å². The molecule has 0 aliphatic carbocycles. The Kier molecular flexibility index (Phi) is 10.6. The van der Waals surface area contributed by atoms with Gasteiger partial charge in [-0.25, -0.2) is 4.79 Å². The lowest BCUT2D eigenvalue weighted by atomic mass is 10.0. The third-order valence-electron chi connectivity index (χ3n) is 6.61. The molecule has 1 heterocycles. The average molecular weight is 566 g/mol. The van der Waals surface area contributed by atoms with Crippen LogP contribution in [0.5, 0.6) is 0 Å². The summed E-state index contributed by atoms with van der Waals surface area (Å²) in [6.07, 6.45) is 1.03. The van der Waals surface area contributed by atoms with Gasteiger partial charge in [0.1, 0.15) is 18.1 Å². The molecule has 0 aliphatic heterocycles. The molecule has 0 saturated carbocycles. The Morgan fingerprint density at radius 2 is 1.41 bits per heavy atom. The van der Waals surface area contributed by atoms with Gasteiger partial charge in [0, 0.05) is 23.5 Å². The number of aromatic nitrogens is 1. The Balaban J connectivity index is 1.82. The highest BCUT2D eigenvalue weighted by molar-refractivity contribution is 5.96. The topological polar surface area (TPSA) is 204 Å². The molecule has 2 aromatic carbocycles. The molecule has 41 heavy (non-hydrogen) atoms. The summed E-state index contributed by atoms with van der Waals surface area (Å²) in [7, 11) is 0. The highest BCUT2D eigenvalue weighted by Gasteiger charge is 2.32. The molecule has 0 saturated heterocycles. The van der Waals surface area contributed by atoms with Crippen LogP contribution in [-0.2, 0) is 36.8 Å². The minimum Gasteiger partial charge on any atom is -0.481 e. The molecule has 0 radical (unpaired) electrons. The molecular weight excluding hydrogens is 530 g/mol. The van der Waals surface area contributed by atoms with Crippen molar-refractivity contribution in [1.29, 1.82) is 0 Å². The molecule has 12 nitrogen and oxygen atoms in total. The van der Waals surface area contributed by atoms with E-state index < -0.39 is 66.2 Å². The van der Waals surface area contributed by atoms with E-state index in [1.165, 1.54) is 0 Å². The molecule has 218 valence electrons. The maximum atomic E-state index is 13.3. The van der Waals surface area contributed by atoms with E-state index in [2.05, 4.69) is 20.9 Å². The van der Waals surface area contributed by atoms with Crippen LogP contribution in [0.2, 0.25) is 0 Å². The second-order valence-electron chi connectivity index (χ2n) is 10.1. The summed E-state index contributed by atoms with van der Waals surface area (Å²) < 4.78 is 0. The molecule has 3 amide bonds. The number of carboxylic acids is 2. The van der Waals surface area contributed by atoms with Crippen molar-refractivity contribution in [3.05, 3.63) is 71.9 Å². The van der Waals surface area contributed by atoms with E-state index in [9.17, 15) is 34.2 Å². The molecule has 8 N–H and O–H groups in total. The first-order valence-corrected chi connectivity index (χ1v) is 13.2. The van der Waals surface area contributed by atoms with Crippen LogP contribution in [0.15, 0.2) is 60.8 Å². The zero-order chi connectivity index (χ0) is 30.1. The second kappa shape index (κ2) is 14.1. The number of para-hydroxylation sites is 1. The molecule has 12 heteroatoms. The summed E-state index contributed by atoms with van der Waals surface area (Å²) in [5, 5.41) is 27.2. The summed E-state index contributed by atoms with van der Waals surface area (Å²) in [4.78, 5) is 65.8. The fourth-order valence-corrected chi connectivity index (χ4v) is 4.39. The number of aliphatic carboxylic acids is 2. The number of hydrogen-bond donors (Lipinski definition) is 7. The minimum atomic E-state index is -1.54. The number of nitrogens with two attached hydrogens (primary N) is 1. The van der Waals surface area contributed by atoms with Gasteiger partial charge >= 0.3 is 11.9 Å². The van der Waals surface area contributed by atoms with E-state index in [4.69, 9.17) is 5.73 Å². The highest BCUT2D eigenvalue weighted by Crippen LogP contribution is 2.19. The number of benzene rings is 2. The second-order valence-corrected chi connectivity index (χ2v) is 10.1. The summed E-state index contributed by atoms with van der Waals surface area (Å²) in [6, 6.07) is 11.1. The van der Waals surface area contributed by atoms with Gasteiger partial charge in [0.2, 0.25) is 17.7 Å². The number of rotatable bonds is 14. The Labute approximate surface area is 236 Å². The molecule has 0 bridgehead atoms. The van der Waals surface area contributed by atoms with E-state index in [0.29, 0.717) is 5.56 Å². The first kappa shape index (κ1) is 30.8. The molecule has 0 fully saturated rings. The van der Waals surface area contributed by atoms with E-state index in [0.717, 1.165) is 16.5 Å². The Morgan fingerprint density at radius 3 is 2.05 bits per heavy atom. The Morgan fingerprint density at radius 1 is 0.805 bits per heavy atom. The van der Waals surface area contributed by atoms with Crippen molar-refractivity contribution in [3.8, 4) is 0 Å². The molecule has 4 atom stereocenters. The smallest absolute Gasteiger partial charge is 0.326 e. The van der Waals surface area contributed by atoms with Crippen LogP contribution in [0, 0.1) is 5.92 Å². The number of amides is 3. The molecule has 4 unspecified atom stereocenters. The average Bonchev–Trinajstić information content (AvgIpc) is 3.33. The number of fused-ring (bicyclic) bond motifs is 1. The maximum Gasteiger partial charge on any atom is 0.326 e. The number of nitrogens with one attached hydrogen (secondary N) is 4. The van der Waals surface area contributed by atoms with Gasteiger partial charge in [-0.15, -0.1) is 0 Å². The molecular formula is C29H35N5O7. The molecule has 3 rings (SSSR count).